The molecule has 30 heavy (non-hydrogen) atoms. The number of phenols is 1. The van der Waals surface area contributed by atoms with Gasteiger partial charge in [-0.15, -0.1) is 0 Å². The Hall–Kier alpha value is -2.45. The molecule has 0 bridgehead atoms. The average molecular weight is 435 g/mol. The summed E-state index contributed by atoms with van der Waals surface area (Å²) in [4.78, 5) is 12.5. The van der Waals surface area contributed by atoms with Crippen molar-refractivity contribution in [3.63, 3.8) is 0 Å². The normalized spacial score (nSPS) is 22.8. The molecule has 1 aromatic rings. The average Bonchev–Trinajstić information content (AvgIpc) is 2.69. The van der Waals surface area contributed by atoms with Gasteiger partial charge in [-0.2, -0.15) is 0 Å². The molecule has 2 aliphatic carbocycles. The molecule has 3 rings (SSSR count). The maximum Gasteiger partial charge on any atom is 0.244 e. The fourth-order valence-corrected chi connectivity index (χ4v) is 5.00. The molecule has 3 N–H and O–H groups in total. The summed E-state index contributed by atoms with van der Waals surface area (Å²) in [5.41, 5.74) is -0.294. The van der Waals surface area contributed by atoms with Crippen LogP contribution in [0.25, 0.3) is 6.08 Å². The molecule has 0 radical (unpaired) electrons. The molecule has 0 spiro atoms. The van der Waals surface area contributed by atoms with E-state index in [0.29, 0.717) is 12.0 Å². The highest BCUT2D eigenvalue weighted by molar-refractivity contribution is 7.93. The molecule has 0 heterocycles. The molecule has 1 saturated carbocycles. The van der Waals surface area contributed by atoms with E-state index in [2.05, 4.69) is 10.0 Å². The van der Waals surface area contributed by atoms with Gasteiger partial charge in [0.2, 0.25) is 15.9 Å². The van der Waals surface area contributed by atoms with E-state index in [0.717, 1.165) is 38.2 Å². The summed E-state index contributed by atoms with van der Waals surface area (Å²) in [7, 11) is -3.57. The third kappa shape index (κ3) is 5.79. The molecule has 1 fully saturated rings. The number of allylic oxidation sites excluding steroid dienone is 1. The molecular formula is C22H27FN2O4S. The smallest absolute Gasteiger partial charge is 0.244 e. The lowest BCUT2D eigenvalue weighted by Gasteiger charge is -2.29. The van der Waals surface area contributed by atoms with Crippen LogP contribution in [-0.2, 0) is 14.8 Å². The highest BCUT2D eigenvalue weighted by Gasteiger charge is 2.29. The molecule has 1 atom stereocenters. The van der Waals surface area contributed by atoms with Crippen LogP contribution in [0.3, 0.4) is 0 Å². The fraction of sp³-hybridized carbons (Fsp3) is 0.409. The predicted octanol–water partition coefficient (Wildman–Crippen LogP) is 3.52. The Labute approximate surface area is 176 Å². The second-order valence-electron chi connectivity index (χ2n) is 8.05. The van der Waals surface area contributed by atoms with Crippen molar-refractivity contribution in [2.24, 2.45) is 0 Å². The molecule has 2 aliphatic rings. The number of hydrogen-bond donors (Lipinski definition) is 3. The number of amides is 1. The van der Waals surface area contributed by atoms with Crippen molar-refractivity contribution >= 4 is 22.0 Å². The largest absolute Gasteiger partial charge is 0.505 e. The van der Waals surface area contributed by atoms with Crippen molar-refractivity contribution in [2.45, 2.75) is 57.0 Å². The van der Waals surface area contributed by atoms with Crippen molar-refractivity contribution in [2.75, 3.05) is 0 Å². The number of carbonyl (C=O) groups is 1. The van der Waals surface area contributed by atoms with Gasteiger partial charge in [0.1, 0.15) is 0 Å². The van der Waals surface area contributed by atoms with Crippen LogP contribution in [0.5, 0.6) is 5.75 Å². The number of rotatable bonds is 6. The summed E-state index contributed by atoms with van der Waals surface area (Å²) in [6.07, 6.45) is 12.8. The monoisotopic (exact) mass is 434 g/mol. The maximum absolute atomic E-state index is 13.4. The number of halogens is 1. The zero-order valence-corrected chi connectivity index (χ0v) is 17.7. The van der Waals surface area contributed by atoms with Crippen LogP contribution < -0.4 is 10.0 Å². The first kappa shape index (κ1) is 22.2. The predicted molar refractivity (Wildman–Crippen MR) is 114 cm³/mol. The topological polar surface area (TPSA) is 95.5 Å². The lowest BCUT2D eigenvalue weighted by molar-refractivity contribution is -0.117. The van der Waals surface area contributed by atoms with Gasteiger partial charge in [-0.3, -0.25) is 4.79 Å². The number of nitrogens with one attached hydrogen (secondary N) is 2. The molecule has 0 aliphatic heterocycles. The lowest BCUT2D eigenvalue weighted by Crippen LogP contribution is -2.45. The van der Waals surface area contributed by atoms with Crippen LogP contribution >= 0.6 is 0 Å². The van der Waals surface area contributed by atoms with Crippen LogP contribution in [0.15, 0.2) is 47.4 Å². The highest BCUT2D eigenvalue weighted by Crippen LogP contribution is 2.25. The second-order valence-corrected chi connectivity index (χ2v) is 9.77. The number of hydrogen-bond acceptors (Lipinski definition) is 4. The first-order valence-electron chi connectivity index (χ1n) is 10.1. The van der Waals surface area contributed by atoms with Gasteiger partial charge in [0.05, 0.1) is 10.4 Å². The van der Waals surface area contributed by atoms with Gasteiger partial charge in [-0.05, 0) is 56.0 Å². The standard InChI is InChI=1S/C22H27FN2O4S/c1-22(24-21(27)10-8-16-7-9-20(26)19(23)15-16)13-11-18(12-14-22)30(28,29)25-17-5-3-2-4-6-17/h7-13,15,17,25-26H,2-6,14H2,1H3,(H,24,27)/b10-8+. The zero-order chi connectivity index (χ0) is 21.8. The van der Waals surface area contributed by atoms with E-state index in [1.165, 1.54) is 30.4 Å². The minimum absolute atomic E-state index is 0.0130. The van der Waals surface area contributed by atoms with E-state index in [9.17, 15) is 22.7 Å². The van der Waals surface area contributed by atoms with E-state index in [4.69, 9.17) is 0 Å². The zero-order valence-electron chi connectivity index (χ0n) is 16.9. The van der Waals surface area contributed by atoms with Gasteiger partial charge >= 0.3 is 0 Å². The Kier molecular flexibility index (Phi) is 6.77. The lowest BCUT2D eigenvalue weighted by atomic mass is 9.93. The summed E-state index contributed by atoms with van der Waals surface area (Å²) < 4.78 is 41.4. The van der Waals surface area contributed by atoms with Crippen molar-refractivity contribution in [1.29, 1.82) is 0 Å². The van der Waals surface area contributed by atoms with E-state index in [-0.39, 0.29) is 10.9 Å². The molecule has 6 nitrogen and oxygen atoms in total. The Balaban J connectivity index is 1.58. The first-order valence-corrected chi connectivity index (χ1v) is 11.6. The summed E-state index contributed by atoms with van der Waals surface area (Å²) in [6.45, 7) is 1.80. The summed E-state index contributed by atoms with van der Waals surface area (Å²) >= 11 is 0. The number of phenolic OH excluding ortho intramolecular Hbond substituents is 1. The third-order valence-corrected chi connectivity index (χ3v) is 6.95. The van der Waals surface area contributed by atoms with E-state index >= 15 is 0 Å². The molecule has 1 unspecified atom stereocenters. The Bertz CT molecular complexity index is 994. The molecule has 1 amide bonds. The van der Waals surface area contributed by atoms with Crippen LogP contribution in [0, 0.1) is 5.82 Å². The number of sulfonamides is 1. The second kappa shape index (κ2) is 9.14. The van der Waals surface area contributed by atoms with Crippen LogP contribution in [0.4, 0.5) is 4.39 Å². The Morgan fingerprint density at radius 2 is 2.00 bits per heavy atom. The minimum Gasteiger partial charge on any atom is -0.505 e. The SMILES string of the molecule is CC1(NC(=O)/C=C/c2ccc(O)c(F)c2)C=CC(S(=O)(=O)NC2CCCCC2)=CC1. The number of carbonyl (C=O) groups excluding carboxylic acids is 1. The first-order chi connectivity index (χ1) is 14.2. The van der Waals surface area contributed by atoms with Crippen LogP contribution in [-0.4, -0.2) is 31.0 Å². The molecule has 1 aromatic carbocycles. The van der Waals surface area contributed by atoms with E-state index in [1.54, 1.807) is 19.1 Å². The van der Waals surface area contributed by atoms with Gasteiger partial charge in [0, 0.05) is 12.1 Å². The van der Waals surface area contributed by atoms with Gasteiger partial charge in [-0.25, -0.2) is 17.5 Å². The number of benzene rings is 1. The van der Waals surface area contributed by atoms with Crippen LogP contribution in [0.2, 0.25) is 0 Å². The van der Waals surface area contributed by atoms with Gasteiger partial charge in [0.15, 0.2) is 11.6 Å². The Morgan fingerprint density at radius 1 is 1.27 bits per heavy atom. The van der Waals surface area contributed by atoms with Gasteiger partial charge in [0.25, 0.3) is 0 Å². The molecule has 0 saturated heterocycles. The van der Waals surface area contributed by atoms with Crippen molar-refractivity contribution in [3.8, 4) is 5.75 Å². The molecule has 162 valence electrons. The van der Waals surface area contributed by atoms with Gasteiger partial charge in [-0.1, -0.05) is 37.5 Å². The Morgan fingerprint density at radius 3 is 2.63 bits per heavy atom. The van der Waals surface area contributed by atoms with E-state index in [1.807, 2.05) is 0 Å². The maximum atomic E-state index is 13.4. The van der Waals surface area contributed by atoms with Crippen LogP contribution in [0.1, 0.15) is 51.0 Å². The summed E-state index contributed by atoms with van der Waals surface area (Å²) in [6, 6.07) is 3.82. The fourth-order valence-electron chi connectivity index (χ4n) is 3.64. The van der Waals surface area contributed by atoms with Gasteiger partial charge < -0.3 is 10.4 Å². The third-order valence-electron chi connectivity index (χ3n) is 5.39. The van der Waals surface area contributed by atoms with Crippen molar-refractivity contribution in [3.05, 3.63) is 58.8 Å². The quantitative estimate of drug-likeness (QED) is 0.597. The summed E-state index contributed by atoms with van der Waals surface area (Å²) in [5, 5.41) is 12.0. The molecular weight excluding hydrogens is 407 g/mol. The van der Waals surface area contributed by atoms with Crippen molar-refractivity contribution < 1.29 is 22.7 Å². The molecule has 8 heteroatoms. The highest BCUT2D eigenvalue weighted by atomic mass is 32.2. The summed E-state index contributed by atoms with van der Waals surface area (Å²) in [5.74, 6) is -1.61. The minimum atomic E-state index is -3.57. The van der Waals surface area contributed by atoms with Crippen molar-refractivity contribution in [1.82, 2.24) is 10.0 Å². The molecule has 0 aromatic heterocycles. The number of aromatic hydroxyl groups is 1. The van der Waals surface area contributed by atoms with E-state index < -0.39 is 33.0 Å².